The summed E-state index contributed by atoms with van der Waals surface area (Å²) in [7, 11) is 4.11. The fourth-order valence-electron chi connectivity index (χ4n) is 2.97. The monoisotopic (exact) mass is 334 g/mol. The number of nitrogens with zero attached hydrogens (tertiary/aromatic N) is 4. The van der Waals surface area contributed by atoms with E-state index in [9.17, 15) is 4.79 Å². The molecule has 0 radical (unpaired) electrons. The number of aromatic nitrogens is 2. The third kappa shape index (κ3) is 3.16. The van der Waals surface area contributed by atoms with Crippen molar-refractivity contribution in [3.8, 4) is 0 Å². The van der Waals surface area contributed by atoms with Crippen LogP contribution in [0.5, 0.6) is 0 Å². The molecule has 1 aliphatic rings. The number of likely N-dealkylation sites (N-methyl/N-ethyl adjacent to an activating group) is 2. The minimum atomic E-state index is 0.177. The summed E-state index contributed by atoms with van der Waals surface area (Å²) < 4.78 is 0. The fourth-order valence-corrected chi connectivity index (χ4v) is 3.96. The Bertz CT molecular complexity index is 721. The van der Waals surface area contributed by atoms with Crippen LogP contribution in [0.3, 0.4) is 0 Å². The molecule has 1 aliphatic heterocycles. The number of rotatable bonds is 3. The van der Waals surface area contributed by atoms with E-state index in [4.69, 9.17) is 0 Å². The van der Waals surface area contributed by atoms with E-state index in [0.717, 1.165) is 42.2 Å². The number of quaternary nitrogens is 1. The summed E-state index contributed by atoms with van der Waals surface area (Å²) in [6.45, 7) is 8.29. The number of aryl methyl sites for hydroxylation is 2. The van der Waals surface area contributed by atoms with Crippen LogP contribution in [0.1, 0.15) is 10.4 Å². The molecule has 0 aliphatic carbocycles. The summed E-state index contributed by atoms with van der Waals surface area (Å²) >= 11 is 1.68. The lowest BCUT2D eigenvalue weighted by atomic mass is 10.2. The topological polar surface area (TPSA) is 53.8 Å². The number of carbonyl (C=O) groups excluding carboxylic acids is 1. The zero-order valence-electron chi connectivity index (χ0n) is 14.2. The van der Waals surface area contributed by atoms with Crippen LogP contribution in [-0.2, 0) is 4.79 Å². The van der Waals surface area contributed by atoms with E-state index in [0.29, 0.717) is 6.54 Å². The van der Waals surface area contributed by atoms with E-state index in [1.807, 2.05) is 16.8 Å². The minimum Gasteiger partial charge on any atom is -0.350 e. The van der Waals surface area contributed by atoms with Crippen molar-refractivity contribution in [3.63, 3.8) is 0 Å². The molecule has 0 aromatic carbocycles. The lowest BCUT2D eigenvalue weighted by molar-refractivity contribution is -0.883. The molecule has 3 rings (SSSR count). The number of piperazine rings is 1. The van der Waals surface area contributed by atoms with Crippen LogP contribution in [-0.4, -0.2) is 67.6 Å². The first-order chi connectivity index (χ1) is 11.0. The molecular formula is C16H24N5OS+. The highest BCUT2D eigenvalue weighted by molar-refractivity contribution is 7.18. The van der Waals surface area contributed by atoms with E-state index < -0.39 is 0 Å². The van der Waals surface area contributed by atoms with Crippen molar-refractivity contribution in [2.75, 3.05) is 51.7 Å². The van der Waals surface area contributed by atoms with Crippen LogP contribution in [0.4, 0.5) is 5.82 Å². The number of carbonyl (C=O) groups is 1. The lowest BCUT2D eigenvalue weighted by Crippen LogP contribution is -3.12. The molecule has 7 heteroatoms. The molecule has 1 fully saturated rings. The molecule has 3 heterocycles. The highest BCUT2D eigenvalue weighted by Gasteiger charge is 2.23. The Morgan fingerprint density at radius 3 is 2.74 bits per heavy atom. The zero-order valence-corrected chi connectivity index (χ0v) is 15.0. The number of fused-ring (bicyclic) bond motifs is 1. The van der Waals surface area contributed by atoms with Crippen molar-refractivity contribution < 1.29 is 9.69 Å². The minimum absolute atomic E-state index is 0.177. The van der Waals surface area contributed by atoms with Gasteiger partial charge < -0.3 is 14.7 Å². The number of nitrogens with one attached hydrogen (secondary N) is 1. The van der Waals surface area contributed by atoms with E-state index in [2.05, 4.69) is 30.9 Å². The summed E-state index contributed by atoms with van der Waals surface area (Å²) in [6.07, 6.45) is 1.59. The summed E-state index contributed by atoms with van der Waals surface area (Å²) in [6, 6.07) is 0. The largest absolute Gasteiger partial charge is 0.350 e. The van der Waals surface area contributed by atoms with Crippen LogP contribution < -0.4 is 9.80 Å². The molecule has 124 valence electrons. The lowest BCUT2D eigenvalue weighted by Gasteiger charge is -2.31. The Morgan fingerprint density at radius 1 is 1.35 bits per heavy atom. The molecule has 2 aromatic heterocycles. The van der Waals surface area contributed by atoms with Gasteiger partial charge in [-0.3, -0.25) is 4.79 Å². The Labute approximate surface area is 140 Å². The number of hydrogen-bond acceptors (Lipinski definition) is 5. The second-order valence-corrected chi connectivity index (χ2v) is 7.56. The molecule has 6 nitrogen and oxygen atoms in total. The summed E-state index contributed by atoms with van der Waals surface area (Å²) in [5.41, 5.74) is 1.21. The molecule has 1 amide bonds. The van der Waals surface area contributed by atoms with Crippen LogP contribution >= 0.6 is 11.3 Å². The molecule has 0 saturated carbocycles. The van der Waals surface area contributed by atoms with Crippen molar-refractivity contribution in [2.24, 2.45) is 0 Å². The fraction of sp³-hybridized carbons (Fsp3) is 0.562. The van der Waals surface area contributed by atoms with Gasteiger partial charge >= 0.3 is 0 Å². The van der Waals surface area contributed by atoms with Crippen LogP contribution in [0.15, 0.2) is 6.33 Å². The van der Waals surface area contributed by atoms with E-state index >= 15 is 0 Å². The first kappa shape index (κ1) is 16.1. The predicted octanol–water partition coefficient (Wildman–Crippen LogP) is 0.101. The highest BCUT2D eigenvalue weighted by Crippen LogP contribution is 2.33. The van der Waals surface area contributed by atoms with Crippen molar-refractivity contribution in [3.05, 3.63) is 16.8 Å². The quantitative estimate of drug-likeness (QED) is 0.865. The first-order valence-electron chi connectivity index (χ1n) is 7.98. The van der Waals surface area contributed by atoms with Gasteiger partial charge in [0.15, 0.2) is 0 Å². The van der Waals surface area contributed by atoms with E-state index in [1.54, 1.807) is 17.7 Å². The van der Waals surface area contributed by atoms with Crippen LogP contribution in [0.25, 0.3) is 10.2 Å². The number of amides is 1. The van der Waals surface area contributed by atoms with Crippen molar-refractivity contribution in [1.82, 2.24) is 14.9 Å². The van der Waals surface area contributed by atoms with Crippen LogP contribution in [0.2, 0.25) is 0 Å². The van der Waals surface area contributed by atoms with Gasteiger partial charge in [-0.25, -0.2) is 9.97 Å². The summed E-state index contributed by atoms with van der Waals surface area (Å²) in [4.78, 5) is 29.0. The summed E-state index contributed by atoms with van der Waals surface area (Å²) in [5, 5.41) is 1.08. The average molecular weight is 334 g/mol. The number of anilines is 1. The SMILES string of the molecule is Cc1sc2ncnc(N(C)CC(=O)N3CC[NH+](C)CC3)c2c1C. The predicted molar refractivity (Wildman–Crippen MR) is 93.4 cm³/mol. The standard InChI is InChI=1S/C16H23N5OS/c1-11-12(2)23-16-14(11)15(17-10-18-16)20(4)9-13(22)21-7-5-19(3)6-8-21/h10H,5-9H2,1-4H3/p+1. The second kappa shape index (κ2) is 6.41. The van der Waals surface area contributed by atoms with Gasteiger partial charge in [-0.2, -0.15) is 0 Å². The molecule has 0 bridgehead atoms. The average Bonchev–Trinajstić information content (AvgIpc) is 2.82. The number of thiophene rings is 1. The molecule has 0 spiro atoms. The van der Waals surface area contributed by atoms with E-state index in [-0.39, 0.29) is 5.91 Å². The van der Waals surface area contributed by atoms with Crippen molar-refractivity contribution >= 4 is 33.3 Å². The maximum absolute atomic E-state index is 12.5. The van der Waals surface area contributed by atoms with Gasteiger partial charge in [-0.1, -0.05) is 0 Å². The van der Waals surface area contributed by atoms with Gasteiger partial charge in [-0.05, 0) is 19.4 Å². The molecule has 0 atom stereocenters. The number of hydrogen-bond donors (Lipinski definition) is 1. The Hall–Kier alpha value is -1.73. The molecular weight excluding hydrogens is 310 g/mol. The van der Waals surface area contributed by atoms with Crippen LogP contribution in [0, 0.1) is 13.8 Å². The van der Waals surface area contributed by atoms with Gasteiger partial charge in [0.05, 0.1) is 45.2 Å². The molecule has 0 unspecified atom stereocenters. The first-order valence-corrected chi connectivity index (χ1v) is 8.80. The van der Waals surface area contributed by atoms with Gasteiger partial charge in [0.2, 0.25) is 5.91 Å². The molecule has 2 aromatic rings. The second-order valence-electron chi connectivity index (χ2n) is 6.35. The Morgan fingerprint density at radius 2 is 2.04 bits per heavy atom. The van der Waals surface area contributed by atoms with E-state index in [1.165, 1.54) is 15.3 Å². The normalized spacial score (nSPS) is 16.1. The molecule has 23 heavy (non-hydrogen) atoms. The van der Waals surface area contributed by atoms with Gasteiger partial charge in [0.25, 0.3) is 0 Å². The van der Waals surface area contributed by atoms with Crippen molar-refractivity contribution in [1.29, 1.82) is 0 Å². The third-order valence-corrected chi connectivity index (χ3v) is 5.76. The molecule has 1 saturated heterocycles. The van der Waals surface area contributed by atoms with Gasteiger partial charge in [0, 0.05) is 11.9 Å². The maximum Gasteiger partial charge on any atom is 0.242 e. The van der Waals surface area contributed by atoms with Crippen molar-refractivity contribution in [2.45, 2.75) is 13.8 Å². The third-order valence-electron chi connectivity index (χ3n) is 4.65. The van der Waals surface area contributed by atoms with Gasteiger partial charge in [-0.15, -0.1) is 11.3 Å². The Kier molecular flexibility index (Phi) is 4.50. The maximum atomic E-state index is 12.5. The highest BCUT2D eigenvalue weighted by atomic mass is 32.1. The summed E-state index contributed by atoms with van der Waals surface area (Å²) in [5.74, 6) is 1.03. The Balaban J connectivity index is 1.78. The molecule has 1 N–H and O–H groups in total. The van der Waals surface area contributed by atoms with Gasteiger partial charge in [0.1, 0.15) is 17.0 Å². The smallest absolute Gasteiger partial charge is 0.242 e. The zero-order chi connectivity index (χ0) is 16.6.